The molecule has 0 radical (unpaired) electrons. The quantitative estimate of drug-likeness (QED) is 0.0725. The van der Waals surface area contributed by atoms with Gasteiger partial charge in [-0.1, -0.05) is 315 Å². The van der Waals surface area contributed by atoms with Crippen LogP contribution in [-0.2, 0) is 22.0 Å². The van der Waals surface area contributed by atoms with Gasteiger partial charge in [0.1, 0.15) is 35.9 Å². The first-order valence-corrected chi connectivity index (χ1v) is 37.5. The Morgan fingerprint density at radius 2 is 0.434 bits per heavy atom. The van der Waals surface area contributed by atoms with E-state index in [9.17, 15) is 20.4 Å². The summed E-state index contributed by atoms with van der Waals surface area (Å²) in [6.07, 6.45) is 4.93. The molecule has 0 fully saturated rings. The molecule has 14 aromatic carbocycles. The molecule has 0 saturated carbocycles. The second-order valence-corrected chi connectivity index (χ2v) is 29.1. The van der Waals surface area contributed by atoms with Gasteiger partial charge in [0.15, 0.2) is 0 Å². The second kappa shape index (κ2) is 27.5. The topological polar surface area (TPSA) is 99.4 Å². The molecular weight excluding hydrogens is 1300 g/mol. The largest absolute Gasteiger partial charge is 0.491 e. The Labute approximate surface area is 620 Å². The van der Waals surface area contributed by atoms with Gasteiger partial charge >= 0.3 is 0 Å². The van der Waals surface area contributed by atoms with Gasteiger partial charge in [0.25, 0.3) is 0 Å². The third-order valence-corrected chi connectivity index (χ3v) is 24.0. The molecule has 6 nitrogen and oxygen atoms in total. The fourth-order valence-corrected chi connectivity index (χ4v) is 19.5. The molecule has 0 unspecified atom stereocenters. The van der Waals surface area contributed by atoms with Gasteiger partial charge in [-0.15, -0.1) is 0 Å². The van der Waals surface area contributed by atoms with Crippen molar-refractivity contribution in [1.82, 2.24) is 0 Å². The van der Waals surface area contributed by atoms with Crippen LogP contribution in [0, 0.1) is 0 Å². The lowest BCUT2D eigenvalue weighted by Gasteiger charge is -2.39. The molecule has 6 aliphatic rings. The summed E-state index contributed by atoms with van der Waals surface area (Å²) in [7, 11) is 0. The summed E-state index contributed by atoms with van der Waals surface area (Å²) in [6, 6.07) is 121. The molecule has 4 N–H and O–H groups in total. The van der Waals surface area contributed by atoms with E-state index in [4.69, 9.17) is 9.47 Å². The van der Waals surface area contributed by atoms with Crippen molar-refractivity contribution in [3.05, 3.63) is 418 Å². The highest BCUT2D eigenvalue weighted by Crippen LogP contribution is 2.62. The Morgan fingerprint density at radius 1 is 0.226 bits per heavy atom. The smallest absolute Gasteiger partial charge is 0.119 e. The van der Waals surface area contributed by atoms with Crippen molar-refractivity contribution in [3.63, 3.8) is 0 Å². The van der Waals surface area contributed by atoms with Crippen molar-refractivity contribution in [2.45, 2.75) is 72.4 Å². The Hall–Kier alpha value is -11.5. The number of aliphatic hydroxyl groups is 4. The van der Waals surface area contributed by atoms with Crippen LogP contribution in [0.4, 0.5) is 0 Å². The molecule has 0 amide bonds. The van der Waals surface area contributed by atoms with Crippen LogP contribution in [0.15, 0.2) is 340 Å². The van der Waals surface area contributed by atoms with Gasteiger partial charge in [-0.3, -0.25) is 0 Å². The van der Waals surface area contributed by atoms with Gasteiger partial charge in [0.2, 0.25) is 0 Å². The highest BCUT2D eigenvalue weighted by molar-refractivity contribution is 5.87. The number of fused-ring (bicyclic) bond motifs is 18. The predicted octanol–water partition coefficient (Wildman–Crippen LogP) is 21.5. The molecule has 0 saturated heterocycles. The van der Waals surface area contributed by atoms with Crippen molar-refractivity contribution in [3.8, 4) is 78.3 Å². The molecule has 6 heteroatoms. The predicted molar refractivity (Wildman–Crippen MR) is 426 cm³/mol. The number of ether oxygens (including phenoxy) is 2. The Kier molecular flexibility index (Phi) is 17.3. The summed E-state index contributed by atoms with van der Waals surface area (Å²) in [5.74, 6) is 2.52. The highest BCUT2D eigenvalue weighted by atomic mass is 16.5. The summed E-state index contributed by atoms with van der Waals surface area (Å²) in [5.41, 5.74) is 29.5. The van der Waals surface area contributed by atoms with Crippen molar-refractivity contribution >= 4 is 0 Å². The van der Waals surface area contributed by atoms with Gasteiger partial charge < -0.3 is 29.9 Å². The fourth-order valence-electron chi connectivity index (χ4n) is 19.5. The van der Waals surface area contributed by atoms with Gasteiger partial charge in [-0.05, 0) is 207 Å². The van der Waals surface area contributed by atoms with E-state index in [-0.39, 0.29) is 26.4 Å². The maximum atomic E-state index is 12.0. The summed E-state index contributed by atoms with van der Waals surface area (Å²) in [5, 5.41) is 42.6. The molecular formula is C100H82O6. The minimum absolute atomic E-state index is 0.0218. The van der Waals surface area contributed by atoms with Crippen LogP contribution in [0.25, 0.3) is 66.8 Å². The van der Waals surface area contributed by atoms with E-state index in [0.717, 1.165) is 68.8 Å². The molecule has 14 aromatic rings. The van der Waals surface area contributed by atoms with Crippen LogP contribution in [0.5, 0.6) is 11.5 Å². The third kappa shape index (κ3) is 10.8. The Balaban J connectivity index is 0.000000119. The molecule has 106 heavy (non-hydrogen) atoms. The fraction of sp³-hybridized carbons (Fsp3) is 0.160. The molecule has 0 atom stereocenters. The lowest BCUT2D eigenvalue weighted by atomic mass is 9.62. The van der Waals surface area contributed by atoms with Crippen LogP contribution in [0.1, 0.15) is 128 Å². The summed E-state index contributed by atoms with van der Waals surface area (Å²) in [6.45, 7) is 0.487. The van der Waals surface area contributed by atoms with Gasteiger partial charge in [0.05, 0.1) is 13.2 Å². The van der Waals surface area contributed by atoms with Gasteiger partial charge in [0, 0.05) is 22.7 Å². The molecule has 6 aliphatic carbocycles. The van der Waals surface area contributed by atoms with Gasteiger partial charge in [-0.25, -0.2) is 0 Å². The Bertz CT molecular complexity index is 4990. The standard InChI is InChI=1S/C44H38O4.C28H22O2.C28H22/c45-27-29-47-33-21-17-31(18-22-33)43(39-13-5-1-9-35(39)36-10-2-6-14-40(36)43)25-26-44(32-19-23-34(24-20-32)48-30-28-46)41-15-7-3-11-37(41)38-12-4-8-16-42(38)44;29-27(23-13-5-1-9-19(23)20-10-2-6-14-24(20)27)17-18-28(30)25-15-7-3-11-21(25)22-12-4-8-16-26(22)28;1-5-13-23-19(9-1)20-10-2-6-14-24(20)27(23)17-18-28-25-15-7-3-11-21(25)22-12-4-8-16-26(22)28/h1-24,45-46H,25-30H2;1-16,29-30H,17-18H2;1-16,27-28H,17-18H2. The minimum Gasteiger partial charge on any atom is -0.491 e. The number of hydrogen-bond acceptors (Lipinski definition) is 6. The molecule has 0 heterocycles. The average molecular weight is 1380 g/mol. The van der Waals surface area contributed by atoms with E-state index in [1.54, 1.807) is 0 Å². The zero-order chi connectivity index (χ0) is 71.4. The van der Waals surface area contributed by atoms with Crippen LogP contribution in [-0.4, -0.2) is 46.9 Å². The van der Waals surface area contributed by atoms with Crippen molar-refractivity contribution in [1.29, 1.82) is 0 Å². The number of hydrogen-bond donors (Lipinski definition) is 4. The van der Waals surface area contributed by atoms with E-state index >= 15 is 0 Å². The number of benzene rings is 14. The number of aliphatic hydroxyl groups excluding tert-OH is 2. The van der Waals surface area contributed by atoms with Gasteiger partial charge in [-0.2, -0.15) is 0 Å². The van der Waals surface area contributed by atoms with Crippen molar-refractivity contribution in [2.24, 2.45) is 0 Å². The van der Waals surface area contributed by atoms with Crippen LogP contribution < -0.4 is 9.47 Å². The van der Waals surface area contributed by atoms with Crippen molar-refractivity contribution in [2.75, 3.05) is 26.4 Å². The molecule has 518 valence electrons. The molecule has 20 rings (SSSR count). The first kappa shape index (κ1) is 66.5. The first-order chi connectivity index (χ1) is 52.2. The third-order valence-electron chi connectivity index (χ3n) is 24.0. The van der Waals surface area contributed by atoms with E-state index in [0.29, 0.717) is 24.7 Å². The van der Waals surface area contributed by atoms with Crippen LogP contribution in [0.3, 0.4) is 0 Å². The zero-order valence-electron chi connectivity index (χ0n) is 59.2. The van der Waals surface area contributed by atoms with Crippen LogP contribution >= 0.6 is 0 Å². The average Bonchev–Trinajstić information content (AvgIpc) is 1.53. The Morgan fingerprint density at radius 3 is 0.679 bits per heavy atom. The molecule has 0 spiro atoms. The molecule has 0 aromatic heterocycles. The first-order valence-electron chi connectivity index (χ1n) is 37.5. The summed E-state index contributed by atoms with van der Waals surface area (Å²) in [4.78, 5) is 0. The molecule has 0 bridgehead atoms. The lowest BCUT2D eigenvalue weighted by Crippen LogP contribution is -2.33. The van der Waals surface area contributed by atoms with Crippen LogP contribution in [0.2, 0.25) is 0 Å². The van der Waals surface area contributed by atoms with Crippen molar-refractivity contribution < 1.29 is 29.9 Å². The second-order valence-electron chi connectivity index (χ2n) is 29.1. The zero-order valence-corrected chi connectivity index (χ0v) is 59.2. The molecule has 0 aliphatic heterocycles. The maximum absolute atomic E-state index is 12.0. The van der Waals surface area contributed by atoms with E-state index in [2.05, 4.69) is 243 Å². The maximum Gasteiger partial charge on any atom is 0.119 e. The normalized spacial score (nSPS) is 15.0. The summed E-state index contributed by atoms with van der Waals surface area (Å²) >= 11 is 0. The minimum atomic E-state index is -1.12. The SMILES string of the molecule is OC1(CCC2(O)c3ccccc3-c3ccccc32)c2ccccc2-c2ccccc21.OCCOc1ccc(C2(CCC3(c4ccc(OCCO)cc4)c4ccccc4-c4ccccc43)c3ccccc3-c3ccccc32)cc1.c1ccc2c(c1)-c1ccccc1C2CCC1c2ccccc2-c2ccccc21. The van der Waals surface area contributed by atoms with E-state index < -0.39 is 22.0 Å². The van der Waals surface area contributed by atoms with E-state index in [1.807, 2.05) is 97.1 Å². The number of rotatable bonds is 17. The monoisotopic (exact) mass is 1380 g/mol. The van der Waals surface area contributed by atoms with E-state index in [1.165, 1.54) is 113 Å². The lowest BCUT2D eigenvalue weighted by molar-refractivity contribution is 0.0204. The summed E-state index contributed by atoms with van der Waals surface area (Å²) < 4.78 is 11.6. The highest BCUT2D eigenvalue weighted by Gasteiger charge is 2.51.